The first-order valence-electron chi connectivity index (χ1n) is 36.5. The monoisotopic (exact) mass is 1590 g/mol. The fraction of sp³-hybridized carbons (Fsp3) is 0.522. The number of aromatic amines is 3. The van der Waals surface area contributed by atoms with Gasteiger partial charge in [0.25, 0.3) is 16.7 Å². The van der Waals surface area contributed by atoms with Gasteiger partial charge in [0, 0.05) is 35.3 Å². The van der Waals surface area contributed by atoms with E-state index in [1.807, 2.05) is 15.0 Å². The highest BCUT2D eigenvalue weighted by Crippen LogP contribution is 2.54. The van der Waals surface area contributed by atoms with Crippen molar-refractivity contribution < 1.29 is 120 Å². The van der Waals surface area contributed by atoms with E-state index >= 15 is 13.2 Å². The summed E-state index contributed by atoms with van der Waals surface area (Å²) in [7, 11) is -13.6. The topological polar surface area (TPSA) is 438 Å². The molecule has 6 aromatic rings. The summed E-state index contributed by atoms with van der Waals surface area (Å²) in [5, 5.41) is 31.5. The van der Waals surface area contributed by atoms with Crippen molar-refractivity contribution in [1.29, 1.82) is 0 Å². The molecule has 0 spiro atoms. The molecule has 4 unspecified atom stereocenters. The zero-order valence-corrected chi connectivity index (χ0v) is 63.0. The molecule has 3 aromatic carbocycles. The van der Waals surface area contributed by atoms with Crippen molar-refractivity contribution in [3.8, 4) is 17.2 Å². The molecule has 18 atom stereocenters. The highest BCUT2D eigenvalue weighted by atomic mass is 31.2. The fourth-order valence-electron chi connectivity index (χ4n) is 10.1. The second-order valence-corrected chi connectivity index (χ2v) is 31.8. The molecule has 3 fully saturated rings. The first-order chi connectivity index (χ1) is 52.9. The SMILES string of the molecule is [2H]C([2H])(OP(=O)(C[C@@H](C)C(=O)OC(C)C)Oc1ccccc1)[C@@H]1O[C@H](n2cc(C)c(=O)[nH]c2=O)[C@H](F)C1O.[2H]C([2H])(O[P@@](=O)(C[C@@H](C)C(=O)OC(C)C)Oc1ccccc1)[C@@H]1O[C@H](n2cc(C)c(=O)[nH]c2=O)[C@H](F)C1O.[2H]C([2H])(O[P@](=O)(C[C@@H](C)C(=O)OC(C)C)Oc1ccccc1)[C@@H]1O[C@H](n2cc(C)c(=O)[nH]c2=O)[C@H](F)C1O. The van der Waals surface area contributed by atoms with Gasteiger partial charge < -0.3 is 57.3 Å². The summed E-state index contributed by atoms with van der Waals surface area (Å²) in [5.74, 6) is -5.22. The molecule has 594 valence electrons. The van der Waals surface area contributed by atoms with Crippen molar-refractivity contribution in [2.45, 2.75) is 175 Å². The van der Waals surface area contributed by atoms with Gasteiger partial charge in [-0.1, -0.05) is 75.4 Å². The molecule has 3 aromatic heterocycles. The van der Waals surface area contributed by atoms with E-state index < -0.39 is 222 Å². The van der Waals surface area contributed by atoms with Crippen molar-refractivity contribution in [2.75, 3.05) is 38.2 Å². The summed E-state index contributed by atoms with van der Waals surface area (Å²) in [6.45, 7) is 8.59. The number of hydrogen-bond donors (Lipinski definition) is 6. The zero-order chi connectivity index (χ0) is 85.2. The maximum Gasteiger partial charge on any atom is 0.380 e. The molecule has 3 aliphatic rings. The average Bonchev–Trinajstić information content (AvgIpc) is 1.69. The molecule has 0 bridgehead atoms. The maximum absolute atomic E-state index is 15.1. The smallest absolute Gasteiger partial charge is 0.380 e. The second kappa shape index (κ2) is 38.3. The van der Waals surface area contributed by atoms with Crippen LogP contribution in [0.5, 0.6) is 17.2 Å². The molecule has 0 radical (unpaired) electrons. The number of halogens is 3. The Morgan fingerprint density at radius 3 is 0.870 bits per heavy atom. The number of H-pyrrole nitrogens is 3. The number of benzene rings is 3. The van der Waals surface area contributed by atoms with E-state index in [0.29, 0.717) is 13.7 Å². The summed E-state index contributed by atoms with van der Waals surface area (Å²) < 4.78 is 203. The first kappa shape index (κ1) is 77.8. The molecule has 33 nitrogen and oxygen atoms in total. The van der Waals surface area contributed by atoms with Crippen molar-refractivity contribution >= 4 is 40.7 Å². The number of aliphatic hydroxyl groups excluding tert-OH is 3. The summed E-state index contributed by atoms with van der Waals surface area (Å²) in [6, 6.07) is 23.0. The number of aryl methyl sites for hydroxylation is 3. The lowest BCUT2D eigenvalue weighted by atomic mass is 10.1. The van der Waals surface area contributed by atoms with Crippen LogP contribution in [0.1, 0.15) is 106 Å². The number of aliphatic hydroxyl groups is 3. The Hall–Kier alpha value is -8.37. The number of ether oxygens (including phenoxy) is 6. The van der Waals surface area contributed by atoms with Crippen molar-refractivity contribution in [3.05, 3.63) is 189 Å². The lowest BCUT2D eigenvalue weighted by molar-refractivity contribution is -0.152. The number of carbonyl (C=O) groups is 3. The Balaban J connectivity index is 0.000000237. The van der Waals surface area contributed by atoms with Crippen LogP contribution in [0.2, 0.25) is 0 Å². The lowest BCUT2D eigenvalue weighted by Crippen LogP contribution is -2.36. The molecule has 6 N–H and O–H groups in total. The molecule has 9 rings (SSSR count). The predicted octanol–water partition coefficient (Wildman–Crippen LogP) is 6.95. The molecule has 3 saturated heterocycles. The molecular weight excluding hydrogens is 1490 g/mol. The van der Waals surface area contributed by atoms with Gasteiger partial charge in [-0.05, 0) is 98.7 Å². The number of rotatable bonds is 30. The molecule has 3 aliphatic heterocycles. The third-order valence-corrected chi connectivity index (χ3v) is 21.1. The number of carbonyl (C=O) groups excluding carboxylic acids is 3. The van der Waals surface area contributed by atoms with E-state index in [0.717, 1.165) is 18.6 Å². The van der Waals surface area contributed by atoms with Crippen LogP contribution in [0.15, 0.2) is 138 Å². The molecule has 39 heteroatoms. The van der Waals surface area contributed by atoms with E-state index in [9.17, 15) is 72.2 Å². The number of aromatic nitrogens is 6. The van der Waals surface area contributed by atoms with Crippen LogP contribution in [0.4, 0.5) is 13.2 Å². The van der Waals surface area contributed by atoms with Gasteiger partial charge in [-0.15, -0.1) is 0 Å². The van der Waals surface area contributed by atoms with Gasteiger partial charge in [-0.3, -0.25) is 71.0 Å². The molecule has 0 amide bonds. The minimum Gasteiger partial charge on any atom is -0.463 e. The van der Waals surface area contributed by atoms with Crippen LogP contribution >= 0.6 is 22.8 Å². The van der Waals surface area contributed by atoms with Crippen LogP contribution in [0.25, 0.3) is 0 Å². The summed E-state index contributed by atoms with van der Waals surface area (Å²) >= 11 is 0. The summed E-state index contributed by atoms with van der Waals surface area (Å²) in [5.41, 5.74) is -5.13. The highest BCUT2D eigenvalue weighted by molar-refractivity contribution is 7.55. The average molecular weight is 1590 g/mol. The van der Waals surface area contributed by atoms with E-state index in [1.165, 1.54) is 77.9 Å². The van der Waals surface area contributed by atoms with Gasteiger partial charge in [-0.25, -0.2) is 41.3 Å². The largest absolute Gasteiger partial charge is 0.463 e. The molecule has 0 saturated carbocycles. The van der Waals surface area contributed by atoms with Crippen LogP contribution in [-0.2, 0) is 70.1 Å². The number of para-hydroxylation sites is 3. The first-order valence-corrected chi connectivity index (χ1v) is 38.7. The second-order valence-electron chi connectivity index (χ2n) is 26.0. The zero-order valence-electron chi connectivity index (χ0n) is 66.4. The van der Waals surface area contributed by atoms with Gasteiger partial charge in [0.05, 0.1) is 82.5 Å². The van der Waals surface area contributed by atoms with Gasteiger partial charge in [0.1, 0.15) is 53.9 Å². The van der Waals surface area contributed by atoms with Crippen molar-refractivity contribution in [1.82, 2.24) is 28.7 Å². The third-order valence-electron chi connectivity index (χ3n) is 15.5. The quantitative estimate of drug-likeness (QED) is 0.0151. The van der Waals surface area contributed by atoms with Gasteiger partial charge >= 0.3 is 57.8 Å². The third kappa shape index (κ3) is 23.8. The Bertz CT molecular complexity index is 4380. The number of alkyl halides is 3. The standard InChI is InChI=1S/3C23H30FN2O9P/c3*1-13(2)33-22(29)15(4)12-36(31,35-16-8-6-5-7-9-16)32-11-17-19(27)18(24)21(34-17)26-10-14(3)20(28)25-23(26)30/h3*5-10,13,15,17-19,21,27H,11-12H2,1-4H3,(H,25,28,30)/t15-,17+,18-,19?,21+,36?;15-,17+,18-,19?,21+,36+;15-,17+,18-,19?,21+,36-/m111/s1/i3*11D2. The number of esters is 3. The van der Waals surface area contributed by atoms with Crippen LogP contribution in [0.3, 0.4) is 0 Å². The Kier molecular flexibility index (Phi) is 27.6. The van der Waals surface area contributed by atoms with Crippen LogP contribution < -0.4 is 47.3 Å². The van der Waals surface area contributed by atoms with E-state index in [4.69, 9.17) is 63.8 Å². The van der Waals surface area contributed by atoms with E-state index in [1.54, 1.807) is 96.1 Å². The van der Waals surface area contributed by atoms with Gasteiger partial charge in [-0.2, -0.15) is 0 Å². The minimum atomic E-state index is -4.54. The lowest BCUT2D eigenvalue weighted by Gasteiger charge is -2.24. The van der Waals surface area contributed by atoms with Crippen molar-refractivity contribution in [2.24, 2.45) is 17.8 Å². The Morgan fingerprint density at radius 2 is 0.657 bits per heavy atom. The van der Waals surface area contributed by atoms with Gasteiger partial charge in [0.2, 0.25) is 0 Å². The molecule has 108 heavy (non-hydrogen) atoms. The summed E-state index contributed by atoms with van der Waals surface area (Å²) in [4.78, 5) is 115. The predicted molar refractivity (Wildman–Crippen MR) is 380 cm³/mol. The van der Waals surface area contributed by atoms with Crippen LogP contribution in [-0.4, -0.2) is 173 Å². The molecule has 6 heterocycles. The fourth-order valence-corrected chi connectivity index (χ4v) is 15.2. The Morgan fingerprint density at radius 1 is 0.435 bits per heavy atom. The van der Waals surface area contributed by atoms with E-state index in [-0.39, 0.29) is 33.9 Å². The summed E-state index contributed by atoms with van der Waals surface area (Å²) in [6.07, 6.45) is -25.4. The number of nitrogens with one attached hydrogen (secondary N) is 3. The maximum atomic E-state index is 15.1. The normalized spacial score (nSPS) is 25.5. The van der Waals surface area contributed by atoms with Crippen molar-refractivity contribution in [3.63, 3.8) is 0 Å². The Labute approximate surface area is 624 Å². The minimum absolute atomic E-state index is 0.0421. The molecule has 0 aliphatic carbocycles. The number of nitrogens with zero attached hydrogens (tertiary/aromatic N) is 3. The van der Waals surface area contributed by atoms with Crippen LogP contribution in [0, 0.1) is 38.5 Å². The molecular formula is C69H90F3N6O27P3. The van der Waals surface area contributed by atoms with Gasteiger partial charge in [0.15, 0.2) is 37.2 Å². The highest BCUT2D eigenvalue weighted by Gasteiger charge is 2.50. The van der Waals surface area contributed by atoms with E-state index in [2.05, 4.69) is 0 Å². The number of hydrogen-bond acceptors (Lipinski definition) is 27.